The van der Waals surface area contributed by atoms with Crippen molar-refractivity contribution in [3.8, 4) is 0 Å². The summed E-state index contributed by atoms with van der Waals surface area (Å²) in [7, 11) is 0. The van der Waals surface area contributed by atoms with Gasteiger partial charge in [0.2, 0.25) is 0 Å². The van der Waals surface area contributed by atoms with E-state index >= 15 is 0 Å². The molecule has 3 nitrogen and oxygen atoms in total. The quantitative estimate of drug-likeness (QED) is 0.180. The van der Waals surface area contributed by atoms with Crippen molar-refractivity contribution in [3.05, 3.63) is 35.4 Å². The lowest BCUT2D eigenvalue weighted by Gasteiger charge is -2.39. The Hall–Kier alpha value is -1.04. The molecule has 0 aromatic heterocycles. The maximum Gasteiger partial charge on any atom is 0.285 e. The van der Waals surface area contributed by atoms with E-state index in [0.717, 1.165) is 31.7 Å². The van der Waals surface area contributed by atoms with Crippen molar-refractivity contribution in [2.75, 3.05) is 19.8 Å². The number of benzene rings is 1. The molecule has 0 N–H and O–H groups in total. The molecular weight excluding hydrogens is 386 g/mol. The maximum absolute atomic E-state index is 14.0. The molecule has 0 bridgehead atoms. The summed E-state index contributed by atoms with van der Waals surface area (Å²) in [5.74, 6) is -2.01. The smallest absolute Gasteiger partial charge is 0.285 e. The van der Waals surface area contributed by atoms with Gasteiger partial charge in [-0.25, -0.2) is 8.78 Å². The minimum atomic E-state index is -1.05. The zero-order chi connectivity index (χ0) is 22.2. The molecule has 1 aromatic rings. The predicted molar refractivity (Wildman–Crippen MR) is 118 cm³/mol. The summed E-state index contributed by atoms with van der Waals surface area (Å²) >= 11 is 0. The van der Waals surface area contributed by atoms with Gasteiger partial charge in [-0.1, -0.05) is 51.5 Å². The molecule has 0 radical (unpaired) electrons. The minimum Gasteiger partial charge on any atom is -0.328 e. The molecule has 1 aromatic carbocycles. The lowest BCUT2D eigenvalue weighted by atomic mass is 9.91. The zero-order valence-electron chi connectivity index (χ0n) is 19.5. The Morgan fingerprint density at radius 1 is 0.767 bits per heavy atom. The van der Waals surface area contributed by atoms with E-state index in [4.69, 9.17) is 14.2 Å². The molecule has 0 saturated carbocycles. The summed E-state index contributed by atoms with van der Waals surface area (Å²) in [5, 5.41) is 0. The maximum atomic E-state index is 14.0. The topological polar surface area (TPSA) is 27.7 Å². The van der Waals surface area contributed by atoms with Gasteiger partial charge in [-0.05, 0) is 58.1 Å². The van der Waals surface area contributed by atoms with Crippen LogP contribution < -0.4 is 0 Å². The first-order valence-corrected chi connectivity index (χ1v) is 11.9. The van der Waals surface area contributed by atoms with Crippen LogP contribution in [0.4, 0.5) is 8.78 Å². The first kappa shape index (κ1) is 27.0. The molecule has 0 aliphatic rings. The van der Waals surface area contributed by atoms with Crippen LogP contribution in [-0.2, 0) is 20.6 Å². The molecule has 0 spiro atoms. The van der Waals surface area contributed by atoms with Crippen LogP contribution in [0.1, 0.15) is 91.0 Å². The number of halogens is 2. The number of rotatable bonds is 18. The van der Waals surface area contributed by atoms with E-state index in [1.165, 1.54) is 44.2 Å². The monoisotopic (exact) mass is 428 g/mol. The molecule has 30 heavy (non-hydrogen) atoms. The van der Waals surface area contributed by atoms with Gasteiger partial charge in [0.25, 0.3) is 5.97 Å². The third kappa shape index (κ3) is 9.40. The SMILES string of the molecule is CCCCCCCCC(CCCc1ccc(F)cc1F)C(OCC)(OCC)OCC. The van der Waals surface area contributed by atoms with E-state index in [1.807, 2.05) is 20.8 Å². The van der Waals surface area contributed by atoms with Crippen LogP contribution in [0.5, 0.6) is 0 Å². The molecule has 0 aliphatic carbocycles. The van der Waals surface area contributed by atoms with Gasteiger partial charge in [0.05, 0.1) is 0 Å². The van der Waals surface area contributed by atoms with Crippen molar-refractivity contribution < 1.29 is 23.0 Å². The molecular formula is C25H42F2O3. The van der Waals surface area contributed by atoms with Crippen LogP contribution >= 0.6 is 0 Å². The largest absolute Gasteiger partial charge is 0.328 e. The average Bonchev–Trinajstić information content (AvgIpc) is 2.71. The summed E-state index contributed by atoms with van der Waals surface area (Å²) in [6.07, 6.45) is 10.4. The van der Waals surface area contributed by atoms with Crippen molar-refractivity contribution >= 4 is 0 Å². The van der Waals surface area contributed by atoms with E-state index in [-0.39, 0.29) is 5.92 Å². The molecule has 0 amide bonds. The number of hydrogen-bond acceptors (Lipinski definition) is 3. The van der Waals surface area contributed by atoms with Crippen molar-refractivity contribution in [1.29, 1.82) is 0 Å². The molecule has 0 heterocycles. The van der Waals surface area contributed by atoms with E-state index in [0.29, 0.717) is 31.8 Å². The molecule has 0 saturated heterocycles. The normalized spacial score (nSPS) is 13.0. The Morgan fingerprint density at radius 3 is 1.90 bits per heavy atom. The lowest BCUT2D eigenvalue weighted by molar-refractivity contribution is -0.403. The molecule has 0 aliphatic heterocycles. The first-order valence-electron chi connectivity index (χ1n) is 11.9. The molecule has 1 unspecified atom stereocenters. The number of aryl methyl sites for hydroxylation is 1. The Morgan fingerprint density at radius 2 is 1.33 bits per heavy atom. The standard InChI is InChI=1S/C25H42F2O3/c1-5-9-10-11-12-13-16-22(25(28-6-2,29-7-3)30-8-4)17-14-15-21-18-19-23(26)20-24(21)27/h18-20,22H,5-17H2,1-4H3. The second kappa shape index (κ2) is 15.7. The van der Waals surface area contributed by atoms with Crippen LogP contribution in [0.15, 0.2) is 18.2 Å². The third-order valence-corrected chi connectivity index (χ3v) is 5.46. The Labute approximate surface area is 182 Å². The Balaban J connectivity index is 2.80. The van der Waals surface area contributed by atoms with Gasteiger partial charge in [-0.15, -0.1) is 0 Å². The second-order valence-corrected chi connectivity index (χ2v) is 7.78. The van der Waals surface area contributed by atoms with Crippen LogP contribution in [0.3, 0.4) is 0 Å². The van der Waals surface area contributed by atoms with Crippen LogP contribution in [-0.4, -0.2) is 25.8 Å². The molecule has 174 valence electrons. The molecule has 1 atom stereocenters. The number of unbranched alkanes of at least 4 members (excludes halogenated alkanes) is 5. The van der Waals surface area contributed by atoms with Gasteiger partial charge in [-0.2, -0.15) is 0 Å². The summed E-state index contributed by atoms with van der Waals surface area (Å²) < 4.78 is 45.3. The fraction of sp³-hybridized carbons (Fsp3) is 0.760. The number of hydrogen-bond donors (Lipinski definition) is 0. The van der Waals surface area contributed by atoms with E-state index in [1.54, 1.807) is 0 Å². The highest BCUT2D eigenvalue weighted by Gasteiger charge is 2.41. The van der Waals surface area contributed by atoms with Crippen molar-refractivity contribution in [2.45, 2.75) is 97.9 Å². The predicted octanol–water partition coefficient (Wildman–Crippen LogP) is 7.42. The van der Waals surface area contributed by atoms with Crippen LogP contribution in [0.25, 0.3) is 0 Å². The van der Waals surface area contributed by atoms with Crippen molar-refractivity contribution in [3.63, 3.8) is 0 Å². The highest BCUT2D eigenvalue weighted by atomic mass is 19.1. The second-order valence-electron chi connectivity index (χ2n) is 7.78. The van der Waals surface area contributed by atoms with Crippen molar-refractivity contribution in [2.24, 2.45) is 5.92 Å². The van der Waals surface area contributed by atoms with Crippen LogP contribution in [0.2, 0.25) is 0 Å². The van der Waals surface area contributed by atoms with E-state index < -0.39 is 17.6 Å². The number of ether oxygens (including phenoxy) is 3. The van der Waals surface area contributed by atoms with Gasteiger partial charge in [0.1, 0.15) is 11.6 Å². The van der Waals surface area contributed by atoms with Gasteiger partial charge >= 0.3 is 0 Å². The van der Waals surface area contributed by atoms with Gasteiger partial charge < -0.3 is 14.2 Å². The molecule has 0 fully saturated rings. The van der Waals surface area contributed by atoms with Crippen LogP contribution in [0, 0.1) is 17.6 Å². The Bertz CT molecular complexity index is 548. The molecule has 5 heteroatoms. The summed E-state index contributed by atoms with van der Waals surface area (Å²) in [4.78, 5) is 0. The first-order chi connectivity index (χ1) is 14.5. The van der Waals surface area contributed by atoms with Gasteiger partial charge in [0.15, 0.2) is 0 Å². The summed E-state index contributed by atoms with van der Waals surface area (Å²) in [6, 6.07) is 3.80. The van der Waals surface area contributed by atoms with Gasteiger partial charge in [-0.3, -0.25) is 0 Å². The highest BCUT2D eigenvalue weighted by molar-refractivity contribution is 5.18. The summed E-state index contributed by atoms with van der Waals surface area (Å²) in [6.45, 7) is 9.56. The van der Waals surface area contributed by atoms with E-state index in [2.05, 4.69) is 6.92 Å². The zero-order valence-corrected chi connectivity index (χ0v) is 19.5. The third-order valence-electron chi connectivity index (χ3n) is 5.46. The summed E-state index contributed by atoms with van der Waals surface area (Å²) in [5.41, 5.74) is 0.546. The Kier molecular flexibility index (Phi) is 14.1. The van der Waals surface area contributed by atoms with Gasteiger partial charge in [0, 0.05) is 31.8 Å². The molecule has 1 rings (SSSR count). The fourth-order valence-electron chi connectivity index (χ4n) is 4.01. The minimum absolute atomic E-state index is 0.0621. The van der Waals surface area contributed by atoms with Crippen molar-refractivity contribution in [1.82, 2.24) is 0 Å². The average molecular weight is 429 g/mol. The van der Waals surface area contributed by atoms with E-state index in [9.17, 15) is 8.78 Å². The lowest BCUT2D eigenvalue weighted by Crippen LogP contribution is -2.46. The highest BCUT2D eigenvalue weighted by Crippen LogP contribution is 2.34. The fourth-order valence-corrected chi connectivity index (χ4v) is 4.01.